The van der Waals surface area contributed by atoms with Gasteiger partial charge in [-0.2, -0.15) is 0 Å². The number of hydrogen-bond donors (Lipinski definition) is 1. The molecule has 0 amide bonds. The Morgan fingerprint density at radius 1 is 1.28 bits per heavy atom. The predicted molar refractivity (Wildman–Crippen MR) is 73.8 cm³/mol. The molecule has 0 aliphatic carbocycles. The molecule has 2 aliphatic heterocycles. The van der Waals surface area contributed by atoms with E-state index >= 15 is 0 Å². The van der Waals surface area contributed by atoms with Gasteiger partial charge in [-0.3, -0.25) is 0 Å². The van der Waals surface area contributed by atoms with Crippen LogP contribution in [0.2, 0.25) is 0 Å². The van der Waals surface area contributed by atoms with Gasteiger partial charge < -0.3 is 15.4 Å². The summed E-state index contributed by atoms with van der Waals surface area (Å²) < 4.78 is 5.90. The monoisotopic (exact) mass is 246 g/mol. The molecule has 0 aromatic heterocycles. The van der Waals surface area contributed by atoms with Crippen molar-refractivity contribution in [3.8, 4) is 0 Å². The van der Waals surface area contributed by atoms with E-state index in [9.17, 15) is 0 Å². The Hall–Kier alpha value is -1.06. The van der Waals surface area contributed by atoms with Crippen molar-refractivity contribution in [3.63, 3.8) is 0 Å². The van der Waals surface area contributed by atoms with Gasteiger partial charge in [0, 0.05) is 24.8 Å². The first kappa shape index (κ1) is 12.0. The number of anilines is 1. The summed E-state index contributed by atoms with van der Waals surface area (Å²) in [6.45, 7) is 4.18. The Morgan fingerprint density at radius 3 is 2.61 bits per heavy atom. The van der Waals surface area contributed by atoms with Crippen LogP contribution in [0.15, 0.2) is 24.3 Å². The van der Waals surface area contributed by atoms with Gasteiger partial charge in [-0.15, -0.1) is 0 Å². The van der Waals surface area contributed by atoms with E-state index in [1.165, 1.54) is 24.1 Å². The first-order chi connectivity index (χ1) is 8.78. The van der Waals surface area contributed by atoms with Crippen LogP contribution in [0.4, 0.5) is 5.69 Å². The smallest absolute Gasteiger partial charge is 0.0755 e. The lowest BCUT2D eigenvalue weighted by molar-refractivity contribution is 0.0304. The second kappa shape index (κ2) is 4.90. The lowest BCUT2D eigenvalue weighted by Crippen LogP contribution is -2.43. The number of fused-ring (bicyclic) bond motifs is 2. The Bertz CT molecular complexity index is 409. The van der Waals surface area contributed by atoms with Crippen LogP contribution in [0, 0.1) is 0 Å². The van der Waals surface area contributed by atoms with E-state index in [1.807, 2.05) is 0 Å². The van der Waals surface area contributed by atoms with E-state index in [2.05, 4.69) is 36.1 Å². The highest BCUT2D eigenvalue weighted by Crippen LogP contribution is 2.33. The third-order valence-electron chi connectivity index (χ3n) is 4.16. The highest BCUT2D eigenvalue weighted by atomic mass is 16.5. The van der Waals surface area contributed by atoms with E-state index < -0.39 is 0 Å². The fourth-order valence-corrected chi connectivity index (χ4v) is 3.12. The van der Waals surface area contributed by atoms with Crippen molar-refractivity contribution in [3.05, 3.63) is 29.8 Å². The molecule has 3 heteroatoms. The minimum absolute atomic E-state index is 0.140. The van der Waals surface area contributed by atoms with E-state index in [0.717, 1.165) is 19.5 Å². The van der Waals surface area contributed by atoms with Crippen LogP contribution in [0.25, 0.3) is 0 Å². The topological polar surface area (TPSA) is 38.5 Å². The van der Waals surface area contributed by atoms with Gasteiger partial charge in [0.05, 0.1) is 12.2 Å². The van der Waals surface area contributed by atoms with Crippen molar-refractivity contribution in [1.29, 1.82) is 0 Å². The highest BCUT2D eigenvalue weighted by molar-refractivity contribution is 5.55. The maximum absolute atomic E-state index is 6.23. The second-order valence-corrected chi connectivity index (χ2v) is 5.44. The largest absolute Gasteiger partial charge is 0.371 e. The van der Waals surface area contributed by atoms with Crippen LogP contribution in [0.1, 0.15) is 37.8 Å². The second-order valence-electron chi connectivity index (χ2n) is 5.44. The molecule has 0 saturated carbocycles. The fourth-order valence-electron chi connectivity index (χ4n) is 3.12. The van der Waals surface area contributed by atoms with Gasteiger partial charge in [0.25, 0.3) is 0 Å². The molecular weight excluding hydrogens is 224 g/mol. The van der Waals surface area contributed by atoms with Crippen molar-refractivity contribution in [2.45, 2.75) is 44.4 Å². The van der Waals surface area contributed by atoms with Gasteiger partial charge in [0.15, 0.2) is 0 Å². The molecular formula is C15H22N2O. The number of hydrogen-bond acceptors (Lipinski definition) is 3. The van der Waals surface area contributed by atoms with Gasteiger partial charge in [-0.25, -0.2) is 0 Å². The zero-order valence-corrected chi connectivity index (χ0v) is 11.0. The zero-order chi connectivity index (χ0) is 12.5. The van der Waals surface area contributed by atoms with Gasteiger partial charge in [0.2, 0.25) is 0 Å². The summed E-state index contributed by atoms with van der Waals surface area (Å²) in [7, 11) is 0. The Kier molecular flexibility index (Phi) is 3.27. The first-order valence-corrected chi connectivity index (χ1v) is 7.03. The van der Waals surface area contributed by atoms with E-state index in [1.54, 1.807) is 0 Å². The number of nitrogens with two attached hydrogens (primary N) is 1. The molecule has 2 fully saturated rings. The molecule has 2 bridgehead atoms. The highest BCUT2D eigenvalue weighted by Gasteiger charge is 2.34. The van der Waals surface area contributed by atoms with Crippen LogP contribution in [-0.4, -0.2) is 25.3 Å². The molecule has 3 atom stereocenters. The molecule has 1 aromatic rings. The first-order valence-electron chi connectivity index (χ1n) is 7.03. The summed E-state index contributed by atoms with van der Waals surface area (Å²) in [6, 6.07) is 8.71. The minimum atomic E-state index is 0.140. The fraction of sp³-hybridized carbons (Fsp3) is 0.600. The van der Waals surface area contributed by atoms with Crippen LogP contribution < -0.4 is 10.6 Å². The van der Waals surface area contributed by atoms with Crippen LogP contribution in [0.3, 0.4) is 0 Å². The van der Waals surface area contributed by atoms with Gasteiger partial charge in [-0.1, -0.05) is 25.1 Å². The molecule has 18 heavy (non-hydrogen) atoms. The summed E-state index contributed by atoms with van der Waals surface area (Å²) >= 11 is 0. The number of morpholine rings is 1. The van der Waals surface area contributed by atoms with Gasteiger partial charge in [-0.05, 0) is 30.9 Å². The summed E-state index contributed by atoms with van der Waals surface area (Å²) in [5.41, 5.74) is 8.82. The van der Waals surface area contributed by atoms with Gasteiger partial charge in [0.1, 0.15) is 0 Å². The van der Waals surface area contributed by atoms with Crippen LogP contribution in [0.5, 0.6) is 0 Å². The molecule has 3 rings (SSSR count). The molecule has 3 nitrogen and oxygen atoms in total. The predicted octanol–water partition coefficient (Wildman–Crippen LogP) is 2.46. The van der Waals surface area contributed by atoms with Crippen molar-refractivity contribution in [1.82, 2.24) is 0 Å². The summed E-state index contributed by atoms with van der Waals surface area (Å²) in [4.78, 5) is 2.47. The molecule has 2 heterocycles. The normalized spacial score (nSPS) is 28.4. The summed E-state index contributed by atoms with van der Waals surface area (Å²) in [5, 5.41) is 0. The molecule has 0 spiro atoms. The Morgan fingerprint density at radius 2 is 1.94 bits per heavy atom. The van der Waals surface area contributed by atoms with Crippen molar-refractivity contribution >= 4 is 5.69 Å². The van der Waals surface area contributed by atoms with Crippen LogP contribution >= 0.6 is 0 Å². The number of para-hydroxylation sites is 1. The van der Waals surface area contributed by atoms with Crippen molar-refractivity contribution in [2.24, 2.45) is 5.73 Å². The third-order valence-corrected chi connectivity index (χ3v) is 4.16. The average molecular weight is 246 g/mol. The van der Waals surface area contributed by atoms with Gasteiger partial charge >= 0.3 is 0 Å². The van der Waals surface area contributed by atoms with Crippen molar-refractivity contribution < 1.29 is 4.74 Å². The van der Waals surface area contributed by atoms with Crippen LogP contribution in [-0.2, 0) is 4.74 Å². The molecule has 2 aliphatic rings. The maximum Gasteiger partial charge on any atom is 0.0755 e. The summed E-state index contributed by atoms with van der Waals surface area (Å²) in [5.74, 6) is 0. The number of rotatable bonds is 3. The zero-order valence-electron chi connectivity index (χ0n) is 11.0. The Balaban J connectivity index is 1.87. The lowest BCUT2D eigenvalue weighted by atomic mass is 10.0. The SMILES string of the molecule is CCC(N)c1ccccc1N1CC2CCC(C1)O2. The van der Waals surface area contributed by atoms with E-state index in [-0.39, 0.29) is 6.04 Å². The molecule has 3 unspecified atom stereocenters. The molecule has 98 valence electrons. The van der Waals surface area contributed by atoms with Crippen molar-refractivity contribution in [2.75, 3.05) is 18.0 Å². The average Bonchev–Trinajstić information content (AvgIpc) is 2.76. The minimum Gasteiger partial charge on any atom is -0.371 e. The molecule has 1 aromatic carbocycles. The molecule has 2 saturated heterocycles. The Labute approximate surface area is 109 Å². The molecule has 2 N–H and O–H groups in total. The third kappa shape index (κ3) is 2.13. The number of nitrogens with zero attached hydrogens (tertiary/aromatic N) is 1. The standard InChI is InChI=1S/C15H22N2O/c1-2-14(16)13-5-3-4-6-15(13)17-9-11-7-8-12(10-17)18-11/h3-6,11-12,14H,2,7-10,16H2,1H3. The maximum atomic E-state index is 6.23. The molecule has 0 radical (unpaired) electrons. The number of ether oxygens (including phenoxy) is 1. The van der Waals surface area contributed by atoms with E-state index in [4.69, 9.17) is 10.5 Å². The number of benzene rings is 1. The quantitative estimate of drug-likeness (QED) is 0.890. The van der Waals surface area contributed by atoms with E-state index in [0.29, 0.717) is 12.2 Å². The lowest BCUT2D eigenvalue weighted by Gasteiger charge is -2.35. The summed E-state index contributed by atoms with van der Waals surface area (Å²) in [6.07, 6.45) is 4.25.